The molecule has 0 aliphatic carbocycles. The zero-order valence-corrected chi connectivity index (χ0v) is 12.6. The van der Waals surface area contributed by atoms with Gasteiger partial charge in [0.15, 0.2) is 0 Å². The fourth-order valence-corrected chi connectivity index (χ4v) is 1.86. The summed E-state index contributed by atoms with van der Waals surface area (Å²) in [5.74, 6) is -0.880. The van der Waals surface area contributed by atoms with E-state index >= 15 is 0 Å². The second kappa shape index (κ2) is 6.99. The van der Waals surface area contributed by atoms with Crippen molar-refractivity contribution in [3.05, 3.63) is 38.3 Å². The number of nitro benzene ring substituents is 1. The molecule has 0 aliphatic heterocycles. The van der Waals surface area contributed by atoms with E-state index in [1.807, 2.05) is 0 Å². The van der Waals surface area contributed by atoms with Crippen molar-refractivity contribution in [2.45, 2.75) is 19.9 Å². The van der Waals surface area contributed by atoms with Crippen LogP contribution in [-0.2, 0) is 4.79 Å². The first-order valence-corrected chi connectivity index (χ1v) is 6.62. The average Bonchev–Trinajstić information content (AvgIpc) is 2.35. The summed E-state index contributed by atoms with van der Waals surface area (Å²) >= 11 is 3.14. The van der Waals surface area contributed by atoms with Crippen LogP contribution in [0.25, 0.3) is 0 Å². The number of nitro groups is 1. The van der Waals surface area contributed by atoms with E-state index in [4.69, 9.17) is 0 Å². The number of hydrogen-bond acceptors (Lipinski definition) is 4. The molecule has 1 rings (SSSR count). The number of hydrogen-bond donors (Lipinski definition) is 2. The van der Waals surface area contributed by atoms with E-state index in [1.54, 1.807) is 13.8 Å². The molecule has 0 spiro atoms. The molecule has 8 heteroatoms. The van der Waals surface area contributed by atoms with Gasteiger partial charge in [0, 0.05) is 22.6 Å². The number of amides is 2. The lowest BCUT2D eigenvalue weighted by Gasteiger charge is -2.10. The number of nitrogens with one attached hydrogen (secondary N) is 2. The molecule has 1 aromatic rings. The van der Waals surface area contributed by atoms with Crippen LogP contribution in [0.3, 0.4) is 0 Å². The molecule has 7 nitrogen and oxygen atoms in total. The summed E-state index contributed by atoms with van der Waals surface area (Å²) in [6, 6.07) is 3.83. The largest absolute Gasteiger partial charge is 0.352 e. The molecule has 0 fully saturated rings. The minimum absolute atomic E-state index is 0.0241. The molecule has 0 saturated heterocycles. The first-order valence-electron chi connectivity index (χ1n) is 5.82. The van der Waals surface area contributed by atoms with Gasteiger partial charge in [0.2, 0.25) is 5.91 Å². The van der Waals surface area contributed by atoms with E-state index in [-0.39, 0.29) is 29.7 Å². The molecular weight excluding hydrogens is 330 g/mol. The van der Waals surface area contributed by atoms with Crippen molar-refractivity contribution >= 4 is 33.4 Å². The Balaban J connectivity index is 2.75. The molecule has 108 valence electrons. The van der Waals surface area contributed by atoms with Crippen LogP contribution in [0.4, 0.5) is 5.69 Å². The van der Waals surface area contributed by atoms with Crippen LogP contribution < -0.4 is 10.6 Å². The molecule has 0 bridgehead atoms. The summed E-state index contributed by atoms with van der Waals surface area (Å²) in [6.45, 7) is 3.42. The van der Waals surface area contributed by atoms with Gasteiger partial charge in [-0.2, -0.15) is 0 Å². The van der Waals surface area contributed by atoms with E-state index in [0.717, 1.165) is 6.07 Å². The molecule has 2 amide bonds. The number of carbonyl (C=O) groups excluding carboxylic acids is 2. The number of nitrogens with zero attached hydrogens (tertiary/aromatic N) is 1. The number of benzene rings is 1. The first-order chi connectivity index (χ1) is 9.31. The van der Waals surface area contributed by atoms with Crippen LogP contribution in [-0.4, -0.2) is 29.3 Å². The highest BCUT2D eigenvalue weighted by Gasteiger charge is 2.16. The van der Waals surface area contributed by atoms with Crippen molar-refractivity contribution in [3.8, 4) is 0 Å². The third-order valence-corrected chi connectivity index (χ3v) is 2.96. The topological polar surface area (TPSA) is 101 Å². The van der Waals surface area contributed by atoms with Crippen LogP contribution in [0.2, 0.25) is 0 Å². The molecule has 2 N–H and O–H groups in total. The van der Waals surface area contributed by atoms with Crippen LogP contribution in [0.15, 0.2) is 22.7 Å². The van der Waals surface area contributed by atoms with Crippen molar-refractivity contribution in [2.24, 2.45) is 0 Å². The minimum Gasteiger partial charge on any atom is -0.352 e. The molecule has 20 heavy (non-hydrogen) atoms. The number of rotatable bonds is 5. The minimum atomic E-state index is -0.589. The Kier molecular flexibility index (Phi) is 5.63. The smallest absolute Gasteiger partial charge is 0.270 e. The summed E-state index contributed by atoms with van der Waals surface area (Å²) in [7, 11) is 0. The van der Waals surface area contributed by atoms with Crippen LogP contribution in [0.1, 0.15) is 24.2 Å². The van der Waals surface area contributed by atoms with E-state index in [0.29, 0.717) is 4.47 Å². The van der Waals surface area contributed by atoms with Gasteiger partial charge in [0.25, 0.3) is 11.6 Å². The predicted octanol–water partition coefficient (Wildman–Crippen LogP) is 1.61. The summed E-state index contributed by atoms with van der Waals surface area (Å²) in [5, 5.41) is 15.7. The Hall–Kier alpha value is -1.96. The van der Waals surface area contributed by atoms with E-state index in [2.05, 4.69) is 26.6 Å². The Morgan fingerprint density at radius 1 is 1.40 bits per heavy atom. The highest BCUT2D eigenvalue weighted by molar-refractivity contribution is 9.10. The standard InChI is InChI=1S/C12H14BrN3O4/c1-7(2)15-11(17)6-14-12(18)9-5-8(16(19)20)3-4-10(9)13/h3-5,7H,6H2,1-2H3,(H,14,18)(H,15,17). The maximum Gasteiger partial charge on any atom is 0.270 e. The summed E-state index contributed by atoms with van der Waals surface area (Å²) in [6.07, 6.45) is 0. The predicted molar refractivity (Wildman–Crippen MR) is 76.4 cm³/mol. The lowest BCUT2D eigenvalue weighted by molar-refractivity contribution is -0.384. The molecular formula is C12H14BrN3O4. The quantitative estimate of drug-likeness (QED) is 0.626. The van der Waals surface area contributed by atoms with Crippen LogP contribution >= 0.6 is 15.9 Å². The highest BCUT2D eigenvalue weighted by Crippen LogP contribution is 2.22. The lowest BCUT2D eigenvalue weighted by Crippen LogP contribution is -2.39. The number of non-ortho nitro benzene ring substituents is 1. The Labute approximate surface area is 124 Å². The molecule has 0 heterocycles. The first kappa shape index (κ1) is 16.1. The van der Waals surface area contributed by atoms with Gasteiger partial charge in [0.05, 0.1) is 17.0 Å². The van der Waals surface area contributed by atoms with Crippen molar-refractivity contribution in [1.82, 2.24) is 10.6 Å². The zero-order chi connectivity index (χ0) is 15.3. The van der Waals surface area contributed by atoms with E-state index in [1.165, 1.54) is 12.1 Å². The normalized spacial score (nSPS) is 10.2. The lowest BCUT2D eigenvalue weighted by atomic mass is 10.2. The van der Waals surface area contributed by atoms with Gasteiger partial charge in [-0.15, -0.1) is 0 Å². The molecule has 0 atom stereocenters. The second-order valence-electron chi connectivity index (χ2n) is 4.33. The summed E-state index contributed by atoms with van der Waals surface area (Å²) < 4.78 is 0.421. The summed E-state index contributed by atoms with van der Waals surface area (Å²) in [4.78, 5) is 33.4. The van der Waals surface area contributed by atoms with Crippen molar-refractivity contribution in [3.63, 3.8) is 0 Å². The van der Waals surface area contributed by atoms with Crippen LogP contribution in [0, 0.1) is 10.1 Å². The maximum absolute atomic E-state index is 11.9. The van der Waals surface area contributed by atoms with Crippen molar-refractivity contribution in [1.29, 1.82) is 0 Å². The van der Waals surface area contributed by atoms with Gasteiger partial charge in [-0.3, -0.25) is 19.7 Å². The highest BCUT2D eigenvalue weighted by atomic mass is 79.9. The molecule has 0 radical (unpaired) electrons. The van der Waals surface area contributed by atoms with Gasteiger partial charge >= 0.3 is 0 Å². The van der Waals surface area contributed by atoms with Gasteiger partial charge < -0.3 is 10.6 Å². The third-order valence-electron chi connectivity index (χ3n) is 2.26. The zero-order valence-electron chi connectivity index (χ0n) is 11.0. The molecule has 0 unspecified atom stereocenters. The maximum atomic E-state index is 11.9. The summed E-state index contributed by atoms with van der Waals surface area (Å²) in [5.41, 5.74) is -0.0819. The monoisotopic (exact) mass is 343 g/mol. The Morgan fingerprint density at radius 2 is 2.05 bits per heavy atom. The average molecular weight is 344 g/mol. The van der Waals surface area contributed by atoms with Crippen molar-refractivity contribution in [2.75, 3.05) is 6.54 Å². The molecule has 0 aromatic heterocycles. The molecule has 0 aliphatic rings. The molecule has 1 aromatic carbocycles. The van der Waals surface area contributed by atoms with Crippen LogP contribution in [0.5, 0.6) is 0 Å². The van der Waals surface area contributed by atoms with Gasteiger partial charge in [-0.25, -0.2) is 0 Å². The van der Waals surface area contributed by atoms with E-state index in [9.17, 15) is 19.7 Å². The van der Waals surface area contributed by atoms with E-state index < -0.39 is 10.8 Å². The molecule has 0 saturated carbocycles. The number of carbonyl (C=O) groups is 2. The van der Waals surface area contributed by atoms with Crippen molar-refractivity contribution < 1.29 is 14.5 Å². The van der Waals surface area contributed by atoms with Gasteiger partial charge in [-0.05, 0) is 35.8 Å². The van der Waals surface area contributed by atoms with Gasteiger partial charge in [0.1, 0.15) is 0 Å². The number of halogens is 1. The fraction of sp³-hybridized carbons (Fsp3) is 0.333. The second-order valence-corrected chi connectivity index (χ2v) is 5.18. The SMILES string of the molecule is CC(C)NC(=O)CNC(=O)c1cc([N+](=O)[O-])ccc1Br. The Morgan fingerprint density at radius 3 is 2.60 bits per heavy atom. The third kappa shape index (κ3) is 4.61. The fourth-order valence-electron chi connectivity index (χ4n) is 1.43. The van der Waals surface area contributed by atoms with Gasteiger partial charge in [-0.1, -0.05) is 0 Å². The Bertz CT molecular complexity index is 546.